The Balaban J connectivity index is 1.33. The third kappa shape index (κ3) is 3.72. The van der Waals surface area contributed by atoms with Crippen LogP contribution >= 0.6 is 11.3 Å². The second kappa shape index (κ2) is 10.8. The molecule has 0 bridgehead atoms. The van der Waals surface area contributed by atoms with E-state index >= 15 is 4.39 Å². The Bertz CT molecular complexity index is 3610. The number of hydrogen-bond acceptors (Lipinski definition) is 3. The van der Waals surface area contributed by atoms with Gasteiger partial charge in [-0.3, -0.25) is 4.40 Å². The van der Waals surface area contributed by atoms with Gasteiger partial charge in [0.2, 0.25) is 0 Å². The lowest BCUT2D eigenvalue weighted by Crippen LogP contribution is -2.11. The summed E-state index contributed by atoms with van der Waals surface area (Å²) in [5.74, 6) is -0.622. The summed E-state index contributed by atoms with van der Waals surface area (Å²) in [7, 11) is 0. The third-order valence-electron chi connectivity index (χ3n) is 11.4. The molecule has 0 spiro atoms. The van der Waals surface area contributed by atoms with E-state index in [2.05, 4.69) is 52.3 Å². The quantitative estimate of drug-likeness (QED) is 0.182. The van der Waals surface area contributed by atoms with Gasteiger partial charge in [-0.1, -0.05) is 91.0 Å². The minimum Gasteiger partial charge on any atom is -0.307 e. The van der Waals surface area contributed by atoms with Crippen LogP contribution in [-0.2, 0) is 0 Å². The molecule has 0 aliphatic carbocycles. The van der Waals surface area contributed by atoms with Crippen molar-refractivity contribution in [2.24, 2.45) is 0 Å². The zero-order chi connectivity index (χ0) is 36.5. The topological polar surface area (TPSA) is 61.8 Å². The summed E-state index contributed by atoms with van der Waals surface area (Å²) in [6.45, 7) is 0. The zero-order valence-corrected chi connectivity index (χ0v) is 29.7. The number of hydrogen-bond donors (Lipinski definition) is 0. The molecule has 5 heterocycles. The van der Waals surface area contributed by atoms with Gasteiger partial charge < -0.3 is 9.13 Å². The Hall–Kier alpha value is -7.45. The molecule has 55 heavy (non-hydrogen) atoms. The van der Waals surface area contributed by atoms with E-state index in [0.29, 0.717) is 11.3 Å². The highest BCUT2D eigenvalue weighted by atomic mass is 32.1. The molecule has 0 atom stereocenters. The van der Waals surface area contributed by atoms with E-state index in [9.17, 15) is 10.5 Å². The Morgan fingerprint density at radius 1 is 0.473 bits per heavy atom. The predicted molar refractivity (Wildman–Crippen MR) is 222 cm³/mol. The summed E-state index contributed by atoms with van der Waals surface area (Å²) < 4.78 is 24.7. The maximum Gasteiger partial charge on any atom is 0.157 e. The molecule has 12 rings (SSSR count). The van der Waals surface area contributed by atoms with E-state index in [4.69, 9.17) is 0 Å². The number of halogens is 1. The number of nitriles is 2. The van der Waals surface area contributed by atoms with Gasteiger partial charge in [0.25, 0.3) is 0 Å². The molecule has 0 aliphatic rings. The van der Waals surface area contributed by atoms with Crippen LogP contribution in [0.4, 0.5) is 4.39 Å². The number of aromatic nitrogens is 3. The van der Waals surface area contributed by atoms with Crippen LogP contribution in [0, 0.1) is 28.5 Å². The van der Waals surface area contributed by atoms with Crippen LogP contribution in [-0.4, -0.2) is 13.5 Å². The molecule has 0 radical (unpaired) electrons. The van der Waals surface area contributed by atoms with Crippen molar-refractivity contribution >= 4 is 92.4 Å². The van der Waals surface area contributed by atoms with Gasteiger partial charge in [0, 0.05) is 48.7 Å². The lowest BCUT2D eigenvalue weighted by Gasteiger charge is -2.21. The van der Waals surface area contributed by atoms with Gasteiger partial charge in [0.1, 0.15) is 28.2 Å². The Labute approximate surface area is 316 Å². The molecule has 12 aromatic rings. The van der Waals surface area contributed by atoms with Crippen LogP contribution in [0.1, 0.15) is 11.1 Å². The molecule has 5 aromatic heterocycles. The van der Waals surface area contributed by atoms with Gasteiger partial charge in [-0.15, -0.1) is 11.3 Å². The van der Waals surface area contributed by atoms with Gasteiger partial charge in [0.15, 0.2) is 5.82 Å². The predicted octanol–water partition coefficient (Wildman–Crippen LogP) is 12.6. The maximum atomic E-state index is 18.5. The number of nitrogens with zero attached hydrogens (tertiary/aromatic N) is 5. The average Bonchev–Trinajstić information content (AvgIpc) is 4.04. The molecule has 0 unspecified atom stereocenters. The molecule has 0 aliphatic heterocycles. The van der Waals surface area contributed by atoms with E-state index in [0.717, 1.165) is 81.0 Å². The van der Waals surface area contributed by atoms with Crippen LogP contribution < -0.4 is 0 Å². The van der Waals surface area contributed by atoms with E-state index in [1.165, 1.54) is 0 Å². The van der Waals surface area contributed by atoms with Crippen LogP contribution in [0.5, 0.6) is 0 Å². The highest BCUT2D eigenvalue weighted by Gasteiger charge is 2.32. The van der Waals surface area contributed by atoms with Crippen molar-refractivity contribution in [3.8, 4) is 34.6 Å². The van der Waals surface area contributed by atoms with Crippen LogP contribution in [0.2, 0.25) is 0 Å². The van der Waals surface area contributed by atoms with Crippen molar-refractivity contribution in [2.75, 3.05) is 0 Å². The van der Waals surface area contributed by atoms with Crippen LogP contribution in [0.3, 0.4) is 0 Å². The Morgan fingerprint density at radius 2 is 0.909 bits per heavy atom. The monoisotopic (exact) mass is 721 g/mol. The van der Waals surface area contributed by atoms with Crippen molar-refractivity contribution in [3.63, 3.8) is 0 Å². The number of thiophene rings is 1. The highest BCUT2D eigenvalue weighted by Crippen LogP contribution is 2.48. The molecule has 0 saturated carbocycles. The largest absolute Gasteiger partial charge is 0.307 e. The smallest absolute Gasteiger partial charge is 0.157 e. The number of para-hydroxylation sites is 5. The average molecular weight is 722 g/mol. The first-order valence-corrected chi connectivity index (χ1v) is 18.9. The van der Waals surface area contributed by atoms with Gasteiger partial charge in [-0.2, -0.15) is 10.5 Å². The molecular formula is C48H24FN5S. The van der Waals surface area contributed by atoms with Crippen molar-refractivity contribution < 1.29 is 4.39 Å². The Morgan fingerprint density at radius 3 is 1.42 bits per heavy atom. The normalized spacial score (nSPS) is 12.1. The fourth-order valence-electron chi connectivity index (χ4n) is 9.28. The summed E-state index contributed by atoms with van der Waals surface area (Å²) in [6, 6.07) is 51.2. The molecule has 0 N–H and O–H groups in total. The van der Waals surface area contributed by atoms with Crippen molar-refractivity contribution in [1.82, 2.24) is 13.5 Å². The lowest BCUT2D eigenvalue weighted by atomic mass is 9.91. The molecule has 5 nitrogen and oxygen atoms in total. The number of rotatable bonds is 3. The SMILES string of the molecule is N#Cc1c(-c2cc3c4ccccc4n4c5sccc5c(c2)c34)c(F)c(-n2c3ccccc3c3ccccc32)c(C#N)c1-n1c2ccccc2c2ccccc21. The molecular weight excluding hydrogens is 698 g/mol. The van der Waals surface area contributed by atoms with Crippen LogP contribution in [0.15, 0.2) is 145 Å². The lowest BCUT2D eigenvalue weighted by molar-refractivity contribution is 0.623. The molecule has 0 fully saturated rings. The van der Waals surface area contributed by atoms with E-state index in [-0.39, 0.29) is 22.4 Å². The molecule has 254 valence electrons. The van der Waals surface area contributed by atoms with Gasteiger partial charge in [0.05, 0.1) is 44.4 Å². The first kappa shape index (κ1) is 30.1. The first-order chi connectivity index (χ1) is 27.2. The third-order valence-corrected chi connectivity index (χ3v) is 12.3. The molecule has 7 heteroatoms. The van der Waals surface area contributed by atoms with Crippen molar-refractivity contribution in [1.29, 1.82) is 10.5 Å². The summed E-state index contributed by atoms with van der Waals surface area (Å²) in [5, 5.41) is 32.7. The summed E-state index contributed by atoms with van der Waals surface area (Å²) in [5.41, 5.74) is 6.71. The van der Waals surface area contributed by atoms with Gasteiger partial charge in [-0.05, 0) is 59.5 Å². The van der Waals surface area contributed by atoms with Crippen molar-refractivity contribution in [3.05, 3.63) is 162 Å². The second-order valence-electron chi connectivity index (χ2n) is 14.0. The molecule has 0 saturated heterocycles. The second-order valence-corrected chi connectivity index (χ2v) is 14.9. The molecule has 0 amide bonds. The Kier molecular flexibility index (Phi) is 5.90. The number of fused-ring (bicyclic) bond motifs is 12. The van der Waals surface area contributed by atoms with E-state index < -0.39 is 5.82 Å². The van der Waals surface area contributed by atoms with Crippen molar-refractivity contribution in [2.45, 2.75) is 0 Å². The fourth-order valence-corrected chi connectivity index (χ4v) is 10.2. The fraction of sp³-hybridized carbons (Fsp3) is 0. The standard InChI is InChI=1S/C48H24FN5S/c49-44-43(27-23-34-32-15-5-10-20-42(32)54-45(34)35(24-27)33-21-22-55-48(33)54)36(25-50)46(52-38-16-6-1-11-28(38)29-12-2-7-17-39(29)52)37(26-51)47(44)53-40-18-8-3-13-30(40)31-14-4-9-19-41(31)53/h1-24H. The zero-order valence-electron chi connectivity index (χ0n) is 28.9. The summed E-state index contributed by atoms with van der Waals surface area (Å²) in [4.78, 5) is 1.12. The van der Waals surface area contributed by atoms with Crippen LogP contribution in [0.25, 0.3) is 104 Å². The minimum atomic E-state index is -0.622. The van der Waals surface area contributed by atoms with Gasteiger partial charge >= 0.3 is 0 Å². The van der Waals surface area contributed by atoms with E-state index in [1.807, 2.05) is 118 Å². The first-order valence-electron chi connectivity index (χ1n) is 18.0. The highest BCUT2D eigenvalue weighted by molar-refractivity contribution is 7.17. The van der Waals surface area contributed by atoms with E-state index in [1.54, 1.807) is 11.3 Å². The summed E-state index contributed by atoms with van der Waals surface area (Å²) in [6.07, 6.45) is 0. The summed E-state index contributed by atoms with van der Waals surface area (Å²) >= 11 is 1.68. The van der Waals surface area contributed by atoms with Gasteiger partial charge in [-0.25, -0.2) is 4.39 Å². The maximum absolute atomic E-state index is 18.5. The number of benzene rings is 7. The molecule has 7 aromatic carbocycles. The minimum absolute atomic E-state index is 0.0816.